The number of para-hydroxylation sites is 2. The summed E-state index contributed by atoms with van der Waals surface area (Å²) in [4.78, 5) is 12.5. The van der Waals surface area contributed by atoms with E-state index in [0.717, 1.165) is 28.7 Å². The van der Waals surface area contributed by atoms with Gasteiger partial charge in [0, 0.05) is 5.69 Å². The fourth-order valence-corrected chi connectivity index (χ4v) is 4.02. The van der Waals surface area contributed by atoms with Crippen LogP contribution in [0.5, 0.6) is 0 Å². The number of rotatable bonds is 6. The molecule has 1 aromatic heterocycles. The van der Waals surface area contributed by atoms with Crippen LogP contribution in [-0.4, -0.2) is 38.0 Å². The standard InChI is InChI=1S/C25H23N5O3S/c1-17-11-9-10-16-20(17)26-28-23(24(32)33-2)34-25-29-27-22(21(31)18-12-5-3-6-13-18)30(25)19-14-7-4-8-15-19/h3-16,21,26,31H,1-2H3/b28-23+/t21-/m0/s1. The second kappa shape index (κ2) is 10.8. The van der Waals surface area contributed by atoms with Crippen molar-refractivity contribution in [3.63, 3.8) is 0 Å². The van der Waals surface area contributed by atoms with Crippen LogP contribution in [0.4, 0.5) is 5.69 Å². The minimum Gasteiger partial charge on any atom is -0.464 e. The number of benzene rings is 3. The summed E-state index contributed by atoms with van der Waals surface area (Å²) in [6, 6.07) is 26.2. The average molecular weight is 474 g/mol. The Bertz CT molecular complexity index is 1290. The molecule has 0 radical (unpaired) electrons. The lowest BCUT2D eigenvalue weighted by Crippen LogP contribution is -2.16. The van der Waals surface area contributed by atoms with Crippen LogP contribution in [0.15, 0.2) is 95.2 Å². The lowest BCUT2D eigenvalue weighted by atomic mass is 10.1. The number of aromatic nitrogens is 3. The summed E-state index contributed by atoms with van der Waals surface area (Å²) in [6.45, 7) is 1.94. The van der Waals surface area contributed by atoms with E-state index in [1.165, 1.54) is 7.11 Å². The van der Waals surface area contributed by atoms with E-state index in [0.29, 0.717) is 16.5 Å². The molecule has 0 bridgehead atoms. The number of nitrogens with one attached hydrogen (secondary N) is 1. The van der Waals surface area contributed by atoms with E-state index in [-0.39, 0.29) is 5.04 Å². The van der Waals surface area contributed by atoms with Crippen LogP contribution in [0.25, 0.3) is 5.69 Å². The first kappa shape index (κ1) is 23.2. The van der Waals surface area contributed by atoms with Gasteiger partial charge in [0.2, 0.25) is 10.2 Å². The number of ether oxygens (including phenoxy) is 1. The zero-order valence-corrected chi connectivity index (χ0v) is 19.4. The molecule has 0 spiro atoms. The third-order valence-electron chi connectivity index (χ3n) is 5.00. The lowest BCUT2D eigenvalue weighted by molar-refractivity contribution is -0.132. The third kappa shape index (κ3) is 5.16. The molecule has 0 unspecified atom stereocenters. The number of esters is 1. The first-order chi connectivity index (χ1) is 16.6. The van der Waals surface area contributed by atoms with Crippen molar-refractivity contribution < 1.29 is 14.6 Å². The van der Waals surface area contributed by atoms with Gasteiger partial charge in [-0.1, -0.05) is 66.7 Å². The maximum Gasteiger partial charge on any atom is 0.365 e. The van der Waals surface area contributed by atoms with E-state index >= 15 is 0 Å². The average Bonchev–Trinajstić information content (AvgIpc) is 3.31. The van der Waals surface area contributed by atoms with Gasteiger partial charge in [0.25, 0.3) is 0 Å². The van der Waals surface area contributed by atoms with Crippen LogP contribution in [0, 0.1) is 6.92 Å². The summed E-state index contributed by atoms with van der Waals surface area (Å²) in [5.41, 5.74) is 6.06. The molecule has 0 aliphatic carbocycles. The van der Waals surface area contributed by atoms with Crippen molar-refractivity contribution in [2.24, 2.45) is 5.10 Å². The van der Waals surface area contributed by atoms with Crippen molar-refractivity contribution >= 4 is 28.5 Å². The molecule has 34 heavy (non-hydrogen) atoms. The Labute approximate surface area is 201 Å². The summed E-state index contributed by atoms with van der Waals surface area (Å²) in [5.74, 6) is -0.310. The number of thioether (sulfide) groups is 1. The topological polar surface area (TPSA) is 102 Å². The minimum atomic E-state index is -1.02. The molecule has 9 heteroatoms. The lowest BCUT2D eigenvalue weighted by Gasteiger charge is -2.14. The zero-order chi connectivity index (χ0) is 23.9. The molecule has 172 valence electrons. The van der Waals surface area contributed by atoms with Crippen molar-refractivity contribution in [2.45, 2.75) is 18.2 Å². The fourth-order valence-electron chi connectivity index (χ4n) is 3.22. The highest BCUT2D eigenvalue weighted by Gasteiger charge is 2.25. The second-order valence-electron chi connectivity index (χ2n) is 7.26. The molecule has 0 saturated carbocycles. The second-order valence-corrected chi connectivity index (χ2v) is 8.22. The molecule has 8 nitrogen and oxygen atoms in total. The SMILES string of the molecule is COC(=O)/C(=N\Nc1ccccc1C)Sc1nnc([C@@H](O)c2ccccc2)n1-c1ccccc1. The number of hydrogen-bond acceptors (Lipinski definition) is 8. The Morgan fingerprint density at radius 3 is 2.32 bits per heavy atom. The molecule has 0 saturated heterocycles. The molecule has 0 fully saturated rings. The number of hydrogen-bond donors (Lipinski definition) is 2. The van der Waals surface area contributed by atoms with Gasteiger partial charge in [-0.15, -0.1) is 10.2 Å². The molecule has 1 heterocycles. The van der Waals surface area contributed by atoms with Crippen molar-refractivity contribution in [1.82, 2.24) is 14.8 Å². The van der Waals surface area contributed by atoms with E-state index in [2.05, 4.69) is 20.7 Å². The number of aryl methyl sites for hydroxylation is 1. The molecule has 0 amide bonds. The summed E-state index contributed by atoms with van der Waals surface area (Å²) < 4.78 is 6.64. The van der Waals surface area contributed by atoms with Gasteiger partial charge in [0.05, 0.1) is 12.8 Å². The van der Waals surface area contributed by atoms with Crippen LogP contribution in [-0.2, 0) is 9.53 Å². The highest BCUT2D eigenvalue weighted by atomic mass is 32.2. The van der Waals surface area contributed by atoms with Gasteiger partial charge in [0.1, 0.15) is 6.10 Å². The maximum atomic E-state index is 12.5. The third-order valence-corrected chi connectivity index (χ3v) is 5.90. The predicted octanol–water partition coefficient (Wildman–Crippen LogP) is 4.35. The quantitative estimate of drug-likeness (QED) is 0.141. The van der Waals surface area contributed by atoms with Crippen molar-refractivity contribution in [1.29, 1.82) is 0 Å². The van der Waals surface area contributed by atoms with Gasteiger partial charge < -0.3 is 9.84 Å². The summed E-state index contributed by atoms with van der Waals surface area (Å²) in [7, 11) is 1.29. The smallest absolute Gasteiger partial charge is 0.365 e. The molecule has 0 aliphatic rings. The van der Waals surface area contributed by atoms with Gasteiger partial charge in [-0.05, 0) is 48.0 Å². The van der Waals surface area contributed by atoms with E-state index in [1.807, 2.05) is 91.9 Å². The largest absolute Gasteiger partial charge is 0.464 e. The Hall–Kier alpha value is -3.95. The molecule has 4 rings (SSSR count). The number of nitrogens with zero attached hydrogens (tertiary/aromatic N) is 4. The van der Waals surface area contributed by atoms with E-state index in [9.17, 15) is 9.90 Å². The first-order valence-corrected chi connectivity index (χ1v) is 11.3. The van der Waals surface area contributed by atoms with Crippen molar-refractivity contribution in [3.8, 4) is 5.69 Å². The monoisotopic (exact) mass is 473 g/mol. The minimum absolute atomic E-state index is 0.0380. The predicted molar refractivity (Wildman–Crippen MR) is 132 cm³/mol. The number of aliphatic hydroxyl groups is 1. The Morgan fingerprint density at radius 1 is 1.00 bits per heavy atom. The van der Waals surface area contributed by atoms with Crippen LogP contribution in [0.2, 0.25) is 0 Å². The Balaban J connectivity index is 1.73. The number of methoxy groups -OCH3 is 1. The highest BCUT2D eigenvalue weighted by molar-refractivity contribution is 8.15. The van der Waals surface area contributed by atoms with Crippen molar-refractivity contribution in [2.75, 3.05) is 12.5 Å². The van der Waals surface area contributed by atoms with Crippen LogP contribution in [0.1, 0.15) is 23.1 Å². The Kier molecular flexibility index (Phi) is 7.36. The van der Waals surface area contributed by atoms with E-state index in [1.54, 1.807) is 4.57 Å². The highest BCUT2D eigenvalue weighted by Crippen LogP contribution is 2.29. The number of hydrazone groups is 1. The van der Waals surface area contributed by atoms with Gasteiger partial charge in [-0.25, -0.2) is 4.79 Å². The molecule has 1 atom stereocenters. The number of carbonyl (C=O) groups is 1. The molecular weight excluding hydrogens is 450 g/mol. The van der Waals surface area contributed by atoms with Gasteiger partial charge >= 0.3 is 5.97 Å². The molecular formula is C25H23N5O3S. The summed E-state index contributed by atoms with van der Waals surface area (Å²) >= 11 is 0.993. The van der Waals surface area contributed by atoms with E-state index < -0.39 is 12.1 Å². The maximum absolute atomic E-state index is 12.5. The van der Waals surface area contributed by atoms with Crippen LogP contribution >= 0.6 is 11.8 Å². The molecule has 2 N–H and O–H groups in total. The summed E-state index contributed by atoms with van der Waals surface area (Å²) in [5, 5.41) is 24.2. The summed E-state index contributed by atoms with van der Waals surface area (Å²) in [6.07, 6.45) is -1.02. The van der Waals surface area contributed by atoms with E-state index in [4.69, 9.17) is 4.74 Å². The molecule has 0 aliphatic heterocycles. The molecule has 3 aromatic carbocycles. The fraction of sp³-hybridized carbons (Fsp3) is 0.120. The van der Waals surface area contributed by atoms with Crippen LogP contribution in [0.3, 0.4) is 0 Å². The number of aliphatic hydroxyl groups excluding tert-OH is 1. The van der Waals surface area contributed by atoms with Gasteiger partial charge in [-0.2, -0.15) is 5.10 Å². The number of carbonyl (C=O) groups excluding carboxylic acids is 1. The van der Waals surface area contributed by atoms with Gasteiger partial charge in [-0.3, -0.25) is 9.99 Å². The normalized spacial score (nSPS) is 12.3. The van der Waals surface area contributed by atoms with Crippen molar-refractivity contribution in [3.05, 3.63) is 102 Å². The first-order valence-electron chi connectivity index (χ1n) is 10.5. The molecule has 4 aromatic rings. The number of anilines is 1. The van der Waals surface area contributed by atoms with Crippen LogP contribution < -0.4 is 5.43 Å². The van der Waals surface area contributed by atoms with Gasteiger partial charge in [0.15, 0.2) is 5.82 Å². The Morgan fingerprint density at radius 2 is 1.65 bits per heavy atom. The zero-order valence-electron chi connectivity index (χ0n) is 18.6.